The number of nitrogens with one attached hydrogen (secondary N) is 1. The summed E-state index contributed by atoms with van der Waals surface area (Å²) in [7, 11) is -1.17. The molecule has 0 aliphatic heterocycles. The van der Waals surface area contributed by atoms with Gasteiger partial charge in [-0.05, 0) is 20.3 Å². The van der Waals surface area contributed by atoms with Crippen molar-refractivity contribution >= 4 is 16.7 Å². The van der Waals surface area contributed by atoms with Gasteiger partial charge >= 0.3 is 0 Å². The monoisotopic (exact) mass is 234 g/mol. The van der Waals surface area contributed by atoms with Gasteiger partial charge in [-0.3, -0.25) is 9.00 Å². The molecule has 0 fully saturated rings. The molecule has 3 N–H and O–H groups in total. The first-order valence-electron chi connectivity index (χ1n) is 5.39. The summed E-state index contributed by atoms with van der Waals surface area (Å²) in [6.07, 6.45) is 2.00. The van der Waals surface area contributed by atoms with Crippen molar-refractivity contribution in [2.75, 3.05) is 12.3 Å². The average Bonchev–Trinajstić information content (AvgIpc) is 2.15. The van der Waals surface area contributed by atoms with Gasteiger partial charge < -0.3 is 11.1 Å². The first-order valence-corrected chi connectivity index (χ1v) is 6.77. The summed E-state index contributed by atoms with van der Waals surface area (Å²) >= 11 is 0. The molecule has 3 unspecified atom stereocenters. The number of carbonyl (C=O) groups is 1. The van der Waals surface area contributed by atoms with Crippen molar-refractivity contribution < 1.29 is 9.00 Å². The first-order chi connectivity index (χ1) is 6.99. The van der Waals surface area contributed by atoms with Crippen molar-refractivity contribution in [2.24, 2.45) is 5.73 Å². The molecule has 0 radical (unpaired) electrons. The zero-order valence-electron chi connectivity index (χ0n) is 9.79. The maximum atomic E-state index is 11.6. The minimum Gasteiger partial charge on any atom is -0.355 e. The Bertz CT molecular complexity index is 219. The molecule has 0 aromatic rings. The van der Waals surface area contributed by atoms with E-state index in [1.807, 2.05) is 0 Å². The molecule has 15 heavy (non-hydrogen) atoms. The predicted molar refractivity (Wildman–Crippen MR) is 64.0 cm³/mol. The summed E-state index contributed by atoms with van der Waals surface area (Å²) in [4.78, 5) is 11.5. The Balaban J connectivity index is 3.91. The van der Waals surface area contributed by atoms with Crippen LogP contribution in [-0.4, -0.2) is 33.7 Å². The summed E-state index contributed by atoms with van der Waals surface area (Å²) in [5.41, 5.74) is 5.53. The average molecular weight is 234 g/mol. The second-order valence-electron chi connectivity index (χ2n) is 3.81. The Labute approximate surface area is 94.4 Å². The van der Waals surface area contributed by atoms with Crippen LogP contribution in [0, 0.1) is 0 Å². The van der Waals surface area contributed by atoms with E-state index in [1.54, 1.807) is 13.8 Å². The Morgan fingerprint density at radius 1 is 1.47 bits per heavy atom. The Morgan fingerprint density at radius 2 is 2.07 bits per heavy atom. The van der Waals surface area contributed by atoms with Gasteiger partial charge in [0, 0.05) is 29.1 Å². The highest BCUT2D eigenvalue weighted by Crippen LogP contribution is 1.98. The second kappa shape index (κ2) is 7.82. The SMILES string of the molecule is CCCCNC(=O)C(C)S(=O)CC(C)N. The van der Waals surface area contributed by atoms with Crippen LogP contribution in [0.1, 0.15) is 33.6 Å². The molecular weight excluding hydrogens is 212 g/mol. The van der Waals surface area contributed by atoms with Crippen molar-refractivity contribution in [3.05, 3.63) is 0 Å². The van der Waals surface area contributed by atoms with E-state index < -0.39 is 16.0 Å². The second-order valence-corrected chi connectivity index (χ2v) is 5.61. The van der Waals surface area contributed by atoms with E-state index in [2.05, 4.69) is 12.2 Å². The van der Waals surface area contributed by atoms with E-state index in [9.17, 15) is 9.00 Å². The number of rotatable bonds is 7. The summed E-state index contributed by atoms with van der Waals surface area (Å²) in [6, 6.07) is -0.128. The van der Waals surface area contributed by atoms with Crippen LogP contribution < -0.4 is 11.1 Å². The molecule has 0 saturated carbocycles. The fraction of sp³-hybridized carbons (Fsp3) is 0.900. The molecule has 0 aliphatic rings. The molecule has 0 heterocycles. The fourth-order valence-corrected chi connectivity index (χ4v) is 2.18. The number of carbonyl (C=O) groups excluding carboxylic acids is 1. The third-order valence-electron chi connectivity index (χ3n) is 2.02. The maximum absolute atomic E-state index is 11.6. The summed E-state index contributed by atoms with van der Waals surface area (Å²) in [6.45, 7) is 6.19. The summed E-state index contributed by atoms with van der Waals surface area (Å²) < 4.78 is 11.6. The highest BCUT2D eigenvalue weighted by molar-refractivity contribution is 7.86. The largest absolute Gasteiger partial charge is 0.355 e. The molecule has 0 aliphatic carbocycles. The molecule has 5 heteroatoms. The minimum atomic E-state index is -1.17. The van der Waals surface area contributed by atoms with Crippen LogP contribution in [0.15, 0.2) is 0 Å². The lowest BCUT2D eigenvalue weighted by Crippen LogP contribution is -2.39. The van der Waals surface area contributed by atoms with Crippen LogP contribution in [0.4, 0.5) is 0 Å². The number of unbranched alkanes of at least 4 members (excludes halogenated alkanes) is 1. The van der Waals surface area contributed by atoms with Gasteiger partial charge in [-0.1, -0.05) is 13.3 Å². The molecule has 0 spiro atoms. The Hall–Kier alpha value is -0.420. The van der Waals surface area contributed by atoms with Crippen LogP contribution in [0.2, 0.25) is 0 Å². The molecular formula is C10H22N2O2S. The highest BCUT2D eigenvalue weighted by Gasteiger charge is 2.19. The molecule has 0 aromatic carbocycles. The van der Waals surface area contributed by atoms with Gasteiger partial charge in [-0.2, -0.15) is 0 Å². The van der Waals surface area contributed by atoms with E-state index in [0.29, 0.717) is 12.3 Å². The first kappa shape index (κ1) is 14.6. The molecule has 90 valence electrons. The third-order valence-corrected chi connectivity index (χ3v) is 3.88. The zero-order valence-corrected chi connectivity index (χ0v) is 10.6. The predicted octanol–water partition coefficient (Wildman–Crippen LogP) is 0.387. The topological polar surface area (TPSA) is 72.2 Å². The van der Waals surface area contributed by atoms with Gasteiger partial charge in [0.15, 0.2) is 0 Å². The van der Waals surface area contributed by atoms with Crippen LogP contribution in [0.3, 0.4) is 0 Å². The van der Waals surface area contributed by atoms with Crippen LogP contribution in [0.5, 0.6) is 0 Å². The fourth-order valence-electron chi connectivity index (χ4n) is 1.05. The molecule has 0 aromatic heterocycles. The lowest BCUT2D eigenvalue weighted by molar-refractivity contribution is -0.120. The van der Waals surface area contributed by atoms with Crippen LogP contribution in [-0.2, 0) is 15.6 Å². The van der Waals surface area contributed by atoms with Gasteiger partial charge in [0.2, 0.25) is 5.91 Å². The number of amides is 1. The molecule has 1 amide bonds. The van der Waals surface area contributed by atoms with Gasteiger partial charge in [0.25, 0.3) is 0 Å². The molecule has 4 nitrogen and oxygen atoms in total. The van der Waals surface area contributed by atoms with E-state index in [0.717, 1.165) is 12.8 Å². The molecule has 0 bridgehead atoms. The lowest BCUT2D eigenvalue weighted by Gasteiger charge is -2.13. The maximum Gasteiger partial charge on any atom is 0.235 e. The Kier molecular flexibility index (Phi) is 7.60. The third kappa shape index (κ3) is 6.62. The van der Waals surface area contributed by atoms with Gasteiger partial charge in [0.05, 0.1) is 0 Å². The Morgan fingerprint density at radius 3 is 2.53 bits per heavy atom. The van der Waals surface area contributed by atoms with E-state index in [1.165, 1.54) is 0 Å². The summed E-state index contributed by atoms with van der Waals surface area (Å²) in [5, 5.41) is 2.30. The van der Waals surface area contributed by atoms with Crippen molar-refractivity contribution in [3.8, 4) is 0 Å². The van der Waals surface area contributed by atoms with Crippen molar-refractivity contribution in [2.45, 2.75) is 44.9 Å². The molecule has 3 atom stereocenters. The van der Waals surface area contributed by atoms with E-state index in [-0.39, 0.29) is 11.9 Å². The number of hydrogen-bond donors (Lipinski definition) is 2. The highest BCUT2D eigenvalue weighted by atomic mass is 32.2. The number of nitrogens with two attached hydrogens (primary N) is 1. The van der Waals surface area contributed by atoms with Gasteiger partial charge in [-0.25, -0.2) is 0 Å². The molecule has 0 rings (SSSR count). The van der Waals surface area contributed by atoms with Gasteiger partial charge in [0.1, 0.15) is 5.25 Å². The van der Waals surface area contributed by atoms with E-state index in [4.69, 9.17) is 5.73 Å². The quantitative estimate of drug-likeness (QED) is 0.626. The van der Waals surface area contributed by atoms with Crippen LogP contribution in [0.25, 0.3) is 0 Å². The zero-order chi connectivity index (χ0) is 11.8. The normalized spacial score (nSPS) is 16.8. The van der Waals surface area contributed by atoms with Crippen LogP contribution >= 0.6 is 0 Å². The van der Waals surface area contributed by atoms with Crippen molar-refractivity contribution in [1.29, 1.82) is 0 Å². The van der Waals surface area contributed by atoms with Gasteiger partial charge in [-0.15, -0.1) is 0 Å². The molecule has 0 saturated heterocycles. The standard InChI is InChI=1S/C10H22N2O2S/c1-4-5-6-12-10(13)9(3)15(14)7-8(2)11/h8-9H,4-7,11H2,1-3H3,(H,12,13). The van der Waals surface area contributed by atoms with Crippen molar-refractivity contribution in [3.63, 3.8) is 0 Å². The summed E-state index contributed by atoms with van der Waals surface area (Å²) in [5.74, 6) is 0.241. The number of hydrogen-bond acceptors (Lipinski definition) is 3. The lowest BCUT2D eigenvalue weighted by atomic mass is 10.3. The minimum absolute atomic E-state index is 0.128. The smallest absolute Gasteiger partial charge is 0.235 e. The van der Waals surface area contributed by atoms with Crippen molar-refractivity contribution in [1.82, 2.24) is 5.32 Å². The van der Waals surface area contributed by atoms with E-state index >= 15 is 0 Å².